The first-order valence-corrected chi connectivity index (χ1v) is 6.44. The normalized spacial score (nSPS) is 10.6. The van der Waals surface area contributed by atoms with Crippen molar-refractivity contribution in [2.45, 2.75) is 23.9 Å². The first-order chi connectivity index (χ1) is 8.08. The van der Waals surface area contributed by atoms with E-state index in [0.29, 0.717) is 10.2 Å². The van der Waals surface area contributed by atoms with Crippen LogP contribution >= 0.6 is 35.0 Å². The molecule has 6 heteroatoms. The zero-order valence-corrected chi connectivity index (χ0v) is 11.6. The zero-order chi connectivity index (χ0) is 12.4. The molecule has 0 atom stereocenters. The molecule has 0 aliphatic rings. The third kappa shape index (κ3) is 2.89. The molecule has 2 rings (SSSR count). The van der Waals surface area contributed by atoms with E-state index < -0.39 is 0 Å². The molecule has 88 valence electrons. The van der Waals surface area contributed by atoms with Crippen molar-refractivity contribution in [2.24, 2.45) is 0 Å². The van der Waals surface area contributed by atoms with Gasteiger partial charge in [0.2, 0.25) is 0 Å². The van der Waals surface area contributed by atoms with Crippen LogP contribution in [0.1, 0.15) is 11.1 Å². The highest BCUT2D eigenvalue weighted by molar-refractivity contribution is 7.99. The van der Waals surface area contributed by atoms with Crippen LogP contribution in [0, 0.1) is 13.8 Å². The Morgan fingerprint density at radius 3 is 2.47 bits per heavy atom. The summed E-state index contributed by atoms with van der Waals surface area (Å²) in [5, 5.41) is 10.6. The molecule has 2 heterocycles. The van der Waals surface area contributed by atoms with Gasteiger partial charge in [0.15, 0.2) is 5.15 Å². The monoisotopic (exact) mass is 285 g/mol. The average molecular weight is 286 g/mol. The molecule has 0 bridgehead atoms. The van der Waals surface area contributed by atoms with E-state index in [4.69, 9.17) is 23.2 Å². The van der Waals surface area contributed by atoms with Crippen LogP contribution < -0.4 is 0 Å². The van der Waals surface area contributed by atoms with E-state index in [-0.39, 0.29) is 0 Å². The Morgan fingerprint density at radius 1 is 1.06 bits per heavy atom. The lowest BCUT2D eigenvalue weighted by molar-refractivity contribution is 0.889. The number of halogens is 2. The predicted molar refractivity (Wildman–Crippen MR) is 69.9 cm³/mol. The van der Waals surface area contributed by atoms with E-state index >= 15 is 0 Å². The third-order valence-corrected chi connectivity index (χ3v) is 3.94. The molecule has 0 spiro atoms. The summed E-state index contributed by atoms with van der Waals surface area (Å²) in [6.45, 7) is 3.89. The van der Waals surface area contributed by atoms with Crippen LogP contribution in [0.4, 0.5) is 0 Å². The summed E-state index contributed by atoms with van der Waals surface area (Å²) in [4.78, 5) is 4.20. The molecule has 0 aromatic carbocycles. The molecule has 0 fully saturated rings. The first-order valence-electron chi connectivity index (χ1n) is 4.86. The molecule has 2 aromatic heterocycles. The summed E-state index contributed by atoms with van der Waals surface area (Å²) in [5.74, 6) is 0. The maximum atomic E-state index is 5.89. The fourth-order valence-corrected chi connectivity index (χ4v) is 2.29. The van der Waals surface area contributed by atoms with Crippen molar-refractivity contribution in [3.05, 3.63) is 39.6 Å². The Labute approximate surface area is 114 Å². The molecular weight excluding hydrogens is 277 g/mol. The lowest BCUT2D eigenvalue weighted by atomic mass is 10.2. The van der Waals surface area contributed by atoms with Crippen LogP contribution in [-0.4, -0.2) is 15.2 Å². The molecular formula is C11H9Cl2N3S. The lowest BCUT2D eigenvalue weighted by Gasteiger charge is -2.06. The standard InChI is InChI=1S/C11H9Cl2N3S/c1-6-7(2)11(16-15-10(6)13)17-9-4-3-8(12)5-14-9/h3-5H,1-2H3. The third-order valence-electron chi connectivity index (χ3n) is 2.32. The summed E-state index contributed by atoms with van der Waals surface area (Å²) in [6, 6.07) is 3.64. The Bertz CT molecular complexity index is 543. The second-order valence-electron chi connectivity index (χ2n) is 3.46. The van der Waals surface area contributed by atoms with E-state index in [1.54, 1.807) is 12.3 Å². The van der Waals surface area contributed by atoms with Crippen molar-refractivity contribution >= 4 is 35.0 Å². The van der Waals surface area contributed by atoms with Crippen LogP contribution in [0.25, 0.3) is 0 Å². The summed E-state index contributed by atoms with van der Waals surface area (Å²) in [6.07, 6.45) is 1.61. The molecule has 0 unspecified atom stereocenters. The summed E-state index contributed by atoms with van der Waals surface area (Å²) < 4.78 is 0. The molecule has 0 radical (unpaired) electrons. The molecule has 3 nitrogen and oxygen atoms in total. The van der Waals surface area contributed by atoms with Gasteiger partial charge in [0.25, 0.3) is 0 Å². The fraction of sp³-hybridized carbons (Fsp3) is 0.182. The van der Waals surface area contributed by atoms with Crippen molar-refractivity contribution in [3.63, 3.8) is 0 Å². The van der Waals surface area contributed by atoms with Gasteiger partial charge in [-0.3, -0.25) is 0 Å². The number of rotatable bonds is 2. The van der Waals surface area contributed by atoms with E-state index in [0.717, 1.165) is 21.2 Å². The maximum absolute atomic E-state index is 5.89. The molecule has 0 amide bonds. The number of nitrogens with zero attached hydrogens (tertiary/aromatic N) is 3. The molecule has 0 N–H and O–H groups in total. The molecule has 2 aromatic rings. The SMILES string of the molecule is Cc1c(Cl)nnc(Sc2ccc(Cl)cn2)c1C. The average Bonchev–Trinajstić information content (AvgIpc) is 2.33. The van der Waals surface area contributed by atoms with Crippen LogP contribution in [0.2, 0.25) is 10.2 Å². The van der Waals surface area contributed by atoms with Crippen LogP contribution in [0.3, 0.4) is 0 Å². The number of hydrogen-bond donors (Lipinski definition) is 0. The van der Waals surface area contributed by atoms with Gasteiger partial charge in [-0.2, -0.15) is 0 Å². The van der Waals surface area contributed by atoms with Crippen molar-refractivity contribution in [1.82, 2.24) is 15.2 Å². The second-order valence-corrected chi connectivity index (χ2v) is 5.27. The van der Waals surface area contributed by atoms with Crippen molar-refractivity contribution < 1.29 is 0 Å². The van der Waals surface area contributed by atoms with E-state index in [1.807, 2.05) is 19.9 Å². The van der Waals surface area contributed by atoms with Crippen molar-refractivity contribution in [3.8, 4) is 0 Å². The summed E-state index contributed by atoms with van der Waals surface area (Å²) >= 11 is 13.1. The first kappa shape index (κ1) is 12.6. The minimum atomic E-state index is 0.441. The van der Waals surface area contributed by atoms with Crippen LogP contribution in [-0.2, 0) is 0 Å². The topological polar surface area (TPSA) is 38.7 Å². The maximum Gasteiger partial charge on any atom is 0.154 e. The van der Waals surface area contributed by atoms with E-state index in [1.165, 1.54) is 11.8 Å². The smallest absolute Gasteiger partial charge is 0.154 e. The Balaban J connectivity index is 2.30. The van der Waals surface area contributed by atoms with Crippen LogP contribution in [0.5, 0.6) is 0 Å². The lowest BCUT2D eigenvalue weighted by Crippen LogP contribution is -1.95. The molecule has 0 saturated carbocycles. The zero-order valence-electron chi connectivity index (χ0n) is 9.24. The number of pyridine rings is 1. The molecule has 0 saturated heterocycles. The number of aromatic nitrogens is 3. The minimum absolute atomic E-state index is 0.441. The van der Waals surface area contributed by atoms with E-state index in [9.17, 15) is 0 Å². The minimum Gasteiger partial charge on any atom is -0.248 e. The molecule has 0 aliphatic carbocycles. The molecule has 17 heavy (non-hydrogen) atoms. The Kier molecular flexibility index (Phi) is 3.86. The number of hydrogen-bond acceptors (Lipinski definition) is 4. The van der Waals surface area contributed by atoms with Crippen molar-refractivity contribution in [1.29, 1.82) is 0 Å². The van der Waals surface area contributed by atoms with Gasteiger partial charge in [-0.15, -0.1) is 10.2 Å². The van der Waals surface area contributed by atoms with Gasteiger partial charge in [0, 0.05) is 6.20 Å². The Hall–Kier alpha value is -0.840. The van der Waals surface area contributed by atoms with Gasteiger partial charge < -0.3 is 0 Å². The summed E-state index contributed by atoms with van der Waals surface area (Å²) in [7, 11) is 0. The van der Waals surface area contributed by atoms with Gasteiger partial charge in [0.05, 0.1) is 5.02 Å². The summed E-state index contributed by atoms with van der Waals surface area (Å²) in [5.41, 5.74) is 1.96. The van der Waals surface area contributed by atoms with Gasteiger partial charge in [-0.1, -0.05) is 23.2 Å². The second kappa shape index (κ2) is 5.21. The highest BCUT2D eigenvalue weighted by Crippen LogP contribution is 2.30. The fourth-order valence-electron chi connectivity index (χ4n) is 1.17. The molecule has 0 aliphatic heterocycles. The van der Waals surface area contributed by atoms with Gasteiger partial charge in [0.1, 0.15) is 10.1 Å². The van der Waals surface area contributed by atoms with Gasteiger partial charge in [-0.25, -0.2) is 4.98 Å². The quantitative estimate of drug-likeness (QED) is 0.838. The van der Waals surface area contributed by atoms with E-state index in [2.05, 4.69) is 15.2 Å². The highest BCUT2D eigenvalue weighted by atomic mass is 35.5. The Morgan fingerprint density at radius 2 is 1.82 bits per heavy atom. The largest absolute Gasteiger partial charge is 0.248 e. The van der Waals surface area contributed by atoms with Gasteiger partial charge >= 0.3 is 0 Å². The predicted octanol–water partition coefficient (Wildman–Crippen LogP) is 3.95. The highest BCUT2D eigenvalue weighted by Gasteiger charge is 2.10. The van der Waals surface area contributed by atoms with Crippen LogP contribution in [0.15, 0.2) is 28.4 Å². The van der Waals surface area contributed by atoms with Crippen molar-refractivity contribution in [2.75, 3.05) is 0 Å². The van der Waals surface area contributed by atoms with Gasteiger partial charge in [-0.05, 0) is 48.9 Å².